The highest BCUT2D eigenvalue weighted by molar-refractivity contribution is 6.21. The minimum absolute atomic E-state index is 0.0138. The van der Waals surface area contributed by atoms with Crippen molar-refractivity contribution in [2.24, 2.45) is 0 Å². The average Bonchev–Trinajstić information content (AvgIpc) is 3.17. The number of imide groups is 1. The number of hydrogen-bond donors (Lipinski definition) is 1. The molecule has 3 aromatic rings. The quantitative estimate of drug-likeness (QED) is 0.739. The van der Waals surface area contributed by atoms with Gasteiger partial charge in [-0.05, 0) is 24.3 Å². The first-order chi connectivity index (χ1) is 12.1. The first kappa shape index (κ1) is 15.1. The minimum atomic E-state index is -0.364. The molecule has 25 heavy (non-hydrogen) atoms. The molecule has 7 nitrogen and oxygen atoms in total. The Kier molecular flexibility index (Phi) is 3.53. The molecular formula is C18H13N3O4. The summed E-state index contributed by atoms with van der Waals surface area (Å²) in [5.74, 6) is -1.02. The van der Waals surface area contributed by atoms with E-state index in [-0.39, 0.29) is 30.7 Å². The summed E-state index contributed by atoms with van der Waals surface area (Å²) in [6.07, 6.45) is 1.35. The first-order valence-electron chi connectivity index (χ1n) is 7.72. The van der Waals surface area contributed by atoms with Gasteiger partial charge in [-0.2, -0.15) is 0 Å². The SMILES string of the molecule is O=C(CCN1C(=O)c2ccccc2C1=O)Nc1ccc2ncoc2c1. The van der Waals surface area contributed by atoms with E-state index in [1.54, 1.807) is 42.5 Å². The first-order valence-corrected chi connectivity index (χ1v) is 7.72. The third-order valence-corrected chi connectivity index (χ3v) is 4.06. The average molecular weight is 335 g/mol. The lowest BCUT2D eigenvalue weighted by Gasteiger charge is -2.13. The number of carbonyl (C=O) groups is 3. The Morgan fingerprint density at radius 1 is 1.08 bits per heavy atom. The van der Waals surface area contributed by atoms with Crippen LogP contribution in [0.25, 0.3) is 11.1 Å². The topological polar surface area (TPSA) is 92.5 Å². The molecule has 124 valence electrons. The lowest BCUT2D eigenvalue weighted by atomic mass is 10.1. The summed E-state index contributed by atoms with van der Waals surface area (Å²) in [7, 11) is 0. The Morgan fingerprint density at radius 2 is 1.80 bits per heavy atom. The molecule has 2 aromatic carbocycles. The van der Waals surface area contributed by atoms with Crippen molar-refractivity contribution in [2.75, 3.05) is 11.9 Å². The fourth-order valence-electron chi connectivity index (χ4n) is 2.81. The molecule has 4 rings (SSSR count). The highest BCUT2D eigenvalue weighted by Crippen LogP contribution is 2.23. The Bertz CT molecular complexity index is 973. The molecule has 3 amide bonds. The van der Waals surface area contributed by atoms with Crippen molar-refractivity contribution >= 4 is 34.5 Å². The summed E-state index contributed by atoms with van der Waals surface area (Å²) in [5, 5.41) is 2.72. The number of hydrogen-bond acceptors (Lipinski definition) is 5. The van der Waals surface area contributed by atoms with Crippen molar-refractivity contribution in [3.05, 3.63) is 60.0 Å². The number of nitrogens with one attached hydrogen (secondary N) is 1. The zero-order valence-electron chi connectivity index (χ0n) is 13.1. The Labute approximate surface area is 142 Å². The summed E-state index contributed by atoms with van der Waals surface area (Å²) in [6, 6.07) is 11.8. The molecule has 2 heterocycles. The standard InChI is InChI=1S/C18H13N3O4/c22-16(20-11-5-6-14-15(9-11)25-10-19-14)7-8-21-17(23)12-3-1-2-4-13(12)18(21)24/h1-6,9-10H,7-8H2,(H,20,22). The second-order valence-corrected chi connectivity index (χ2v) is 5.64. The molecular weight excluding hydrogens is 322 g/mol. The summed E-state index contributed by atoms with van der Waals surface area (Å²) in [5.41, 5.74) is 2.59. The van der Waals surface area contributed by atoms with Gasteiger partial charge in [-0.1, -0.05) is 12.1 Å². The van der Waals surface area contributed by atoms with Crippen LogP contribution < -0.4 is 5.32 Å². The van der Waals surface area contributed by atoms with Crippen LogP contribution in [-0.2, 0) is 4.79 Å². The van der Waals surface area contributed by atoms with Crippen LogP contribution in [0, 0.1) is 0 Å². The normalized spacial score (nSPS) is 13.4. The summed E-state index contributed by atoms with van der Waals surface area (Å²) >= 11 is 0. The summed E-state index contributed by atoms with van der Waals surface area (Å²) < 4.78 is 5.19. The van der Waals surface area contributed by atoms with E-state index in [9.17, 15) is 14.4 Å². The molecule has 7 heteroatoms. The maximum absolute atomic E-state index is 12.2. The molecule has 1 N–H and O–H groups in total. The van der Waals surface area contributed by atoms with E-state index in [1.807, 2.05) is 0 Å². The van der Waals surface area contributed by atoms with Crippen molar-refractivity contribution in [2.45, 2.75) is 6.42 Å². The minimum Gasteiger partial charge on any atom is -0.443 e. The van der Waals surface area contributed by atoms with Gasteiger partial charge in [0.05, 0.1) is 11.1 Å². The molecule has 0 atom stereocenters. The van der Waals surface area contributed by atoms with Gasteiger partial charge < -0.3 is 9.73 Å². The van der Waals surface area contributed by atoms with Gasteiger partial charge in [0.25, 0.3) is 11.8 Å². The number of aromatic nitrogens is 1. The van der Waals surface area contributed by atoms with Crippen molar-refractivity contribution in [3.63, 3.8) is 0 Å². The molecule has 0 saturated carbocycles. The third kappa shape index (κ3) is 2.65. The van der Waals surface area contributed by atoms with Crippen LogP contribution in [-0.4, -0.2) is 34.2 Å². The van der Waals surface area contributed by atoms with Crippen molar-refractivity contribution < 1.29 is 18.8 Å². The van der Waals surface area contributed by atoms with Gasteiger partial charge in [0.1, 0.15) is 5.52 Å². The van der Waals surface area contributed by atoms with E-state index in [0.29, 0.717) is 27.9 Å². The van der Waals surface area contributed by atoms with Gasteiger partial charge in [0, 0.05) is 24.7 Å². The predicted molar refractivity (Wildman–Crippen MR) is 89.1 cm³/mol. The molecule has 0 bridgehead atoms. The van der Waals surface area contributed by atoms with E-state index < -0.39 is 0 Å². The highest BCUT2D eigenvalue weighted by Gasteiger charge is 2.34. The summed E-state index contributed by atoms with van der Waals surface area (Å²) in [4.78, 5) is 41.7. The second kappa shape index (κ2) is 5.86. The Balaban J connectivity index is 1.41. The smallest absolute Gasteiger partial charge is 0.261 e. The molecule has 0 aliphatic carbocycles. The van der Waals surface area contributed by atoms with Crippen LogP contribution in [0.4, 0.5) is 5.69 Å². The van der Waals surface area contributed by atoms with E-state index in [0.717, 1.165) is 4.90 Å². The largest absolute Gasteiger partial charge is 0.443 e. The Hall–Kier alpha value is -3.48. The fraction of sp³-hybridized carbons (Fsp3) is 0.111. The molecule has 0 spiro atoms. The number of amides is 3. The fourth-order valence-corrected chi connectivity index (χ4v) is 2.81. The molecule has 0 unspecified atom stereocenters. The number of rotatable bonds is 4. The van der Waals surface area contributed by atoms with Crippen molar-refractivity contribution in [1.82, 2.24) is 9.88 Å². The number of fused-ring (bicyclic) bond motifs is 2. The molecule has 0 fully saturated rings. The van der Waals surface area contributed by atoms with Crippen LogP contribution >= 0.6 is 0 Å². The molecule has 0 saturated heterocycles. The van der Waals surface area contributed by atoms with Gasteiger partial charge in [-0.15, -0.1) is 0 Å². The van der Waals surface area contributed by atoms with Crippen LogP contribution in [0.15, 0.2) is 53.3 Å². The monoisotopic (exact) mass is 335 g/mol. The number of oxazole rings is 1. The lowest BCUT2D eigenvalue weighted by molar-refractivity contribution is -0.116. The van der Waals surface area contributed by atoms with E-state index in [2.05, 4.69) is 10.3 Å². The third-order valence-electron chi connectivity index (χ3n) is 4.06. The van der Waals surface area contributed by atoms with Gasteiger partial charge in [-0.3, -0.25) is 19.3 Å². The maximum atomic E-state index is 12.2. The predicted octanol–water partition coefficient (Wildman–Crippen LogP) is 2.45. The van der Waals surface area contributed by atoms with E-state index >= 15 is 0 Å². The maximum Gasteiger partial charge on any atom is 0.261 e. The number of nitrogens with zero attached hydrogens (tertiary/aromatic N) is 2. The molecule has 1 aliphatic rings. The zero-order chi connectivity index (χ0) is 17.4. The van der Waals surface area contributed by atoms with Gasteiger partial charge in [0.15, 0.2) is 12.0 Å². The number of anilines is 1. The van der Waals surface area contributed by atoms with Crippen molar-refractivity contribution in [3.8, 4) is 0 Å². The van der Waals surface area contributed by atoms with Crippen LogP contribution in [0.2, 0.25) is 0 Å². The molecule has 0 radical (unpaired) electrons. The van der Waals surface area contributed by atoms with E-state index in [1.165, 1.54) is 6.39 Å². The number of carbonyl (C=O) groups excluding carboxylic acids is 3. The van der Waals surface area contributed by atoms with Crippen LogP contribution in [0.1, 0.15) is 27.1 Å². The van der Waals surface area contributed by atoms with Crippen LogP contribution in [0.5, 0.6) is 0 Å². The summed E-state index contributed by atoms with van der Waals surface area (Å²) in [6.45, 7) is 0.0305. The lowest BCUT2D eigenvalue weighted by Crippen LogP contribution is -2.32. The highest BCUT2D eigenvalue weighted by atomic mass is 16.3. The van der Waals surface area contributed by atoms with Crippen molar-refractivity contribution in [1.29, 1.82) is 0 Å². The Morgan fingerprint density at radius 3 is 2.52 bits per heavy atom. The van der Waals surface area contributed by atoms with E-state index in [4.69, 9.17) is 4.42 Å². The zero-order valence-corrected chi connectivity index (χ0v) is 13.1. The van der Waals surface area contributed by atoms with Gasteiger partial charge in [0.2, 0.25) is 5.91 Å². The second-order valence-electron chi connectivity index (χ2n) is 5.64. The number of benzene rings is 2. The molecule has 1 aliphatic heterocycles. The van der Waals surface area contributed by atoms with Crippen LogP contribution in [0.3, 0.4) is 0 Å². The van der Waals surface area contributed by atoms with Gasteiger partial charge in [-0.25, -0.2) is 4.98 Å². The van der Waals surface area contributed by atoms with Gasteiger partial charge >= 0.3 is 0 Å². The molecule has 1 aromatic heterocycles.